The number of furan rings is 2. The summed E-state index contributed by atoms with van der Waals surface area (Å²) in [6, 6.07) is 58.0. The molecular formula is C44H27NO2. The van der Waals surface area contributed by atoms with Gasteiger partial charge in [0, 0.05) is 16.5 Å². The van der Waals surface area contributed by atoms with Gasteiger partial charge in [0.05, 0.1) is 22.1 Å². The van der Waals surface area contributed by atoms with Crippen molar-refractivity contribution in [2.45, 2.75) is 0 Å². The standard InChI is InChI=1S/C44H27NO2/c1-2-10-29-25-30(20-19-28(29)9-1)31-21-22-33-27-34(24-23-32(33)26-31)45(37-13-7-17-41-43(37)35-11-3-5-15-39(35)46-41)38-14-8-18-42-44(38)36-12-4-6-16-40(36)47-42/h1-27H. The average molecular weight is 602 g/mol. The van der Waals surface area contributed by atoms with Gasteiger partial charge < -0.3 is 13.7 Å². The summed E-state index contributed by atoms with van der Waals surface area (Å²) in [7, 11) is 0. The monoisotopic (exact) mass is 601 g/mol. The van der Waals surface area contributed by atoms with E-state index < -0.39 is 0 Å². The topological polar surface area (TPSA) is 29.5 Å². The summed E-state index contributed by atoms with van der Waals surface area (Å²) in [6.07, 6.45) is 0. The minimum absolute atomic E-state index is 0.860. The first-order valence-corrected chi connectivity index (χ1v) is 15.9. The molecule has 3 heteroatoms. The number of hydrogen-bond donors (Lipinski definition) is 0. The Balaban J connectivity index is 1.21. The molecule has 10 aromatic rings. The average Bonchev–Trinajstić information content (AvgIpc) is 3.71. The molecular weight excluding hydrogens is 574 g/mol. The van der Waals surface area contributed by atoms with Crippen LogP contribution in [0.25, 0.3) is 76.5 Å². The summed E-state index contributed by atoms with van der Waals surface area (Å²) >= 11 is 0. The fourth-order valence-electron chi connectivity index (χ4n) is 7.21. The third-order valence-electron chi connectivity index (χ3n) is 9.41. The third kappa shape index (κ3) is 4.07. The van der Waals surface area contributed by atoms with Crippen LogP contribution in [0.4, 0.5) is 17.1 Å². The molecule has 0 amide bonds. The molecule has 47 heavy (non-hydrogen) atoms. The van der Waals surface area contributed by atoms with E-state index in [0.29, 0.717) is 0 Å². The van der Waals surface area contributed by atoms with Gasteiger partial charge in [0.1, 0.15) is 22.3 Å². The Labute approximate surface area is 270 Å². The van der Waals surface area contributed by atoms with Crippen LogP contribution < -0.4 is 4.90 Å². The van der Waals surface area contributed by atoms with Crippen molar-refractivity contribution in [3.63, 3.8) is 0 Å². The molecule has 0 aliphatic carbocycles. The van der Waals surface area contributed by atoms with E-state index in [9.17, 15) is 0 Å². The van der Waals surface area contributed by atoms with Crippen molar-refractivity contribution in [2.75, 3.05) is 4.90 Å². The number of nitrogens with zero attached hydrogens (tertiary/aromatic N) is 1. The van der Waals surface area contributed by atoms with Crippen LogP contribution in [-0.2, 0) is 0 Å². The van der Waals surface area contributed by atoms with Gasteiger partial charge in [-0.25, -0.2) is 0 Å². The number of hydrogen-bond acceptors (Lipinski definition) is 3. The number of benzene rings is 8. The number of rotatable bonds is 4. The van der Waals surface area contributed by atoms with Crippen molar-refractivity contribution in [2.24, 2.45) is 0 Å². The first kappa shape index (κ1) is 26.0. The van der Waals surface area contributed by atoms with Crippen LogP contribution in [0.15, 0.2) is 173 Å². The smallest absolute Gasteiger partial charge is 0.137 e. The second kappa shape index (κ2) is 10.1. The van der Waals surface area contributed by atoms with E-state index in [0.717, 1.165) is 60.9 Å². The Kier molecular flexibility index (Phi) is 5.57. The molecule has 2 heterocycles. The van der Waals surface area contributed by atoms with Gasteiger partial charge in [-0.2, -0.15) is 0 Å². The van der Waals surface area contributed by atoms with E-state index in [1.165, 1.54) is 32.7 Å². The maximum atomic E-state index is 6.36. The zero-order chi connectivity index (χ0) is 30.9. The molecule has 2 aromatic heterocycles. The van der Waals surface area contributed by atoms with Gasteiger partial charge in [0.2, 0.25) is 0 Å². The first-order valence-electron chi connectivity index (χ1n) is 15.9. The van der Waals surface area contributed by atoms with Crippen LogP contribution >= 0.6 is 0 Å². The van der Waals surface area contributed by atoms with Crippen LogP contribution in [0, 0.1) is 0 Å². The molecule has 0 fully saturated rings. The lowest BCUT2D eigenvalue weighted by Gasteiger charge is -2.27. The van der Waals surface area contributed by atoms with Crippen LogP contribution in [0.3, 0.4) is 0 Å². The Morgan fingerprint density at radius 3 is 1.45 bits per heavy atom. The largest absolute Gasteiger partial charge is 0.456 e. The van der Waals surface area contributed by atoms with Crippen molar-refractivity contribution >= 4 is 82.5 Å². The zero-order valence-electron chi connectivity index (χ0n) is 25.4. The Hall–Kier alpha value is -6.32. The molecule has 8 aromatic carbocycles. The molecule has 0 aliphatic rings. The lowest BCUT2D eigenvalue weighted by molar-refractivity contribution is 0.668. The van der Waals surface area contributed by atoms with Gasteiger partial charge >= 0.3 is 0 Å². The summed E-state index contributed by atoms with van der Waals surface area (Å²) in [6.45, 7) is 0. The van der Waals surface area contributed by atoms with Crippen molar-refractivity contribution in [1.29, 1.82) is 0 Å². The summed E-state index contributed by atoms with van der Waals surface area (Å²) in [5.41, 5.74) is 9.06. The maximum Gasteiger partial charge on any atom is 0.137 e. The predicted octanol–water partition coefficient (Wildman–Crippen LogP) is 12.9. The second-order valence-electron chi connectivity index (χ2n) is 12.1. The van der Waals surface area contributed by atoms with Crippen molar-refractivity contribution < 1.29 is 8.83 Å². The van der Waals surface area contributed by atoms with Gasteiger partial charge in [-0.3, -0.25) is 0 Å². The highest BCUT2D eigenvalue weighted by atomic mass is 16.3. The quantitative estimate of drug-likeness (QED) is 0.201. The minimum Gasteiger partial charge on any atom is -0.456 e. The molecule has 0 bridgehead atoms. The summed E-state index contributed by atoms with van der Waals surface area (Å²) < 4.78 is 12.7. The predicted molar refractivity (Wildman–Crippen MR) is 196 cm³/mol. The van der Waals surface area contributed by atoms with Crippen molar-refractivity contribution in [1.82, 2.24) is 0 Å². The van der Waals surface area contributed by atoms with Gasteiger partial charge in [0.25, 0.3) is 0 Å². The fraction of sp³-hybridized carbons (Fsp3) is 0. The summed E-state index contributed by atoms with van der Waals surface area (Å²) in [5, 5.41) is 9.21. The molecule has 0 saturated heterocycles. The summed E-state index contributed by atoms with van der Waals surface area (Å²) in [4.78, 5) is 2.37. The molecule has 0 N–H and O–H groups in total. The first-order chi connectivity index (χ1) is 23.3. The van der Waals surface area contributed by atoms with Gasteiger partial charge in [-0.05, 0) is 93.3 Å². The highest BCUT2D eigenvalue weighted by Gasteiger charge is 2.23. The van der Waals surface area contributed by atoms with Crippen LogP contribution in [-0.4, -0.2) is 0 Å². The summed E-state index contributed by atoms with van der Waals surface area (Å²) in [5.74, 6) is 0. The normalized spacial score (nSPS) is 11.8. The van der Waals surface area contributed by atoms with E-state index in [1.54, 1.807) is 0 Å². The molecule has 0 saturated carbocycles. The molecule has 220 valence electrons. The molecule has 0 aliphatic heterocycles. The van der Waals surface area contributed by atoms with Crippen molar-refractivity contribution in [3.8, 4) is 11.1 Å². The van der Waals surface area contributed by atoms with E-state index in [-0.39, 0.29) is 0 Å². The van der Waals surface area contributed by atoms with Crippen LogP contribution in [0.5, 0.6) is 0 Å². The molecule has 3 nitrogen and oxygen atoms in total. The van der Waals surface area contributed by atoms with E-state index >= 15 is 0 Å². The maximum absolute atomic E-state index is 6.36. The van der Waals surface area contributed by atoms with E-state index in [2.05, 4.69) is 144 Å². The van der Waals surface area contributed by atoms with E-state index in [1.807, 2.05) is 24.3 Å². The number of fused-ring (bicyclic) bond motifs is 8. The van der Waals surface area contributed by atoms with E-state index in [4.69, 9.17) is 8.83 Å². The zero-order valence-corrected chi connectivity index (χ0v) is 25.4. The lowest BCUT2D eigenvalue weighted by Crippen LogP contribution is -2.10. The fourth-order valence-corrected chi connectivity index (χ4v) is 7.21. The Morgan fingerprint density at radius 1 is 0.340 bits per heavy atom. The lowest BCUT2D eigenvalue weighted by atomic mass is 9.98. The second-order valence-corrected chi connectivity index (χ2v) is 12.1. The molecule has 0 radical (unpaired) electrons. The van der Waals surface area contributed by atoms with Gasteiger partial charge in [0.15, 0.2) is 0 Å². The SMILES string of the molecule is c1ccc2cc(-c3ccc4cc(N(c5cccc6oc7ccccc7c56)c5cccc6oc7ccccc7c56)ccc4c3)ccc2c1. The number of para-hydroxylation sites is 2. The van der Waals surface area contributed by atoms with Crippen LogP contribution in [0.2, 0.25) is 0 Å². The van der Waals surface area contributed by atoms with Crippen LogP contribution in [0.1, 0.15) is 0 Å². The molecule has 0 unspecified atom stereocenters. The number of anilines is 3. The molecule has 0 spiro atoms. The Bertz CT molecular complexity index is 2710. The Morgan fingerprint density at radius 2 is 0.809 bits per heavy atom. The van der Waals surface area contributed by atoms with Crippen molar-refractivity contribution in [3.05, 3.63) is 164 Å². The third-order valence-corrected chi connectivity index (χ3v) is 9.41. The van der Waals surface area contributed by atoms with Gasteiger partial charge in [-0.15, -0.1) is 0 Å². The van der Waals surface area contributed by atoms with Gasteiger partial charge in [-0.1, -0.05) is 103 Å². The highest BCUT2D eigenvalue weighted by molar-refractivity contribution is 6.18. The highest BCUT2D eigenvalue weighted by Crippen LogP contribution is 2.47. The molecule has 10 rings (SSSR count). The minimum atomic E-state index is 0.860. The molecule has 0 atom stereocenters.